The van der Waals surface area contributed by atoms with Crippen LogP contribution in [0.25, 0.3) is 21.9 Å². The van der Waals surface area contributed by atoms with Gasteiger partial charge in [0.05, 0.1) is 5.56 Å². The summed E-state index contributed by atoms with van der Waals surface area (Å²) in [5.41, 5.74) is 6.34. The normalized spacial score (nSPS) is 10.9. The smallest absolute Gasteiger partial charge is 0.146 e. The van der Waals surface area contributed by atoms with Crippen molar-refractivity contribution in [2.75, 3.05) is 0 Å². The summed E-state index contributed by atoms with van der Waals surface area (Å²) in [5.74, 6) is 5.95. The predicted molar refractivity (Wildman–Crippen MR) is 153 cm³/mol. The number of hydrogen-bond donors (Lipinski definition) is 0. The van der Waals surface area contributed by atoms with Gasteiger partial charge in [0.15, 0.2) is 0 Å². The Balaban J connectivity index is 1.45. The lowest BCUT2D eigenvalue weighted by molar-refractivity contribution is 0.632. The molecule has 0 radical (unpaired) electrons. The number of fused-ring (bicyclic) bond motifs is 1. The molecule has 0 bridgehead atoms. The molecule has 0 N–H and O–H groups in total. The minimum Gasteiger partial charge on any atom is -0.205 e. The maximum absolute atomic E-state index is 15.3. The molecule has 0 aliphatic heterocycles. The Bertz CT molecular complexity index is 1320. The Hall–Kier alpha value is -3.37. The highest BCUT2D eigenvalue weighted by Crippen LogP contribution is 2.28. The Labute approximate surface area is 216 Å². The number of hydrogen-bond acceptors (Lipinski definition) is 0. The zero-order chi connectivity index (χ0) is 25.2. The van der Waals surface area contributed by atoms with Crippen molar-refractivity contribution in [2.24, 2.45) is 0 Å². The van der Waals surface area contributed by atoms with Gasteiger partial charge in [-0.3, -0.25) is 0 Å². The molecule has 0 atom stereocenters. The molecule has 0 amide bonds. The van der Waals surface area contributed by atoms with Gasteiger partial charge in [-0.15, -0.1) is 0 Å². The number of rotatable bonds is 10. The highest BCUT2D eigenvalue weighted by Gasteiger charge is 2.08. The van der Waals surface area contributed by atoms with Crippen LogP contribution < -0.4 is 0 Å². The second-order valence-corrected chi connectivity index (χ2v) is 9.77. The molecular weight excluding hydrogens is 439 g/mol. The van der Waals surface area contributed by atoms with Crippen molar-refractivity contribution in [1.82, 2.24) is 0 Å². The van der Waals surface area contributed by atoms with Crippen LogP contribution in [0.3, 0.4) is 0 Å². The molecule has 0 saturated carbocycles. The molecule has 4 rings (SSSR count). The van der Waals surface area contributed by atoms with Gasteiger partial charge in [-0.1, -0.05) is 112 Å². The van der Waals surface area contributed by atoms with Crippen molar-refractivity contribution >= 4 is 10.8 Å². The summed E-state index contributed by atoms with van der Waals surface area (Å²) in [6.45, 7) is 4.46. The van der Waals surface area contributed by atoms with E-state index in [1.54, 1.807) is 6.07 Å². The topological polar surface area (TPSA) is 0 Å². The fourth-order valence-corrected chi connectivity index (χ4v) is 4.64. The maximum atomic E-state index is 15.3. The summed E-state index contributed by atoms with van der Waals surface area (Å²) in [5, 5.41) is 1.51. The van der Waals surface area contributed by atoms with E-state index >= 15 is 4.39 Å². The Morgan fingerprint density at radius 3 is 1.94 bits per heavy atom. The lowest BCUT2D eigenvalue weighted by Crippen LogP contribution is -1.89. The average Bonchev–Trinajstić information content (AvgIpc) is 2.92. The van der Waals surface area contributed by atoms with Crippen LogP contribution in [0.4, 0.5) is 4.39 Å². The zero-order valence-corrected chi connectivity index (χ0v) is 21.7. The van der Waals surface area contributed by atoms with Crippen LogP contribution >= 0.6 is 0 Å². The van der Waals surface area contributed by atoms with E-state index in [9.17, 15) is 0 Å². The molecule has 0 aliphatic rings. The molecule has 0 nitrogen and oxygen atoms in total. The van der Waals surface area contributed by atoms with E-state index in [4.69, 9.17) is 0 Å². The van der Waals surface area contributed by atoms with Gasteiger partial charge in [-0.2, -0.15) is 0 Å². The third-order valence-corrected chi connectivity index (χ3v) is 6.92. The standard InChI is InChI=1S/C35H37F/c1-3-5-7-8-9-11-28-12-14-29(15-13-28)18-21-31-22-23-33-26-32(24-25-34(33)35(31)36)30-19-16-27(17-20-30)10-6-4-2/h12-17,19-20,22-26H,3-11H2,1-2H3. The minimum atomic E-state index is -0.245. The number of halogens is 1. The monoisotopic (exact) mass is 476 g/mol. The first-order valence-corrected chi connectivity index (χ1v) is 13.6. The van der Waals surface area contributed by atoms with E-state index in [0.717, 1.165) is 34.9 Å². The summed E-state index contributed by atoms with van der Waals surface area (Å²) in [4.78, 5) is 0. The van der Waals surface area contributed by atoms with Gasteiger partial charge >= 0.3 is 0 Å². The molecule has 0 heterocycles. The van der Waals surface area contributed by atoms with Gasteiger partial charge in [0.1, 0.15) is 5.82 Å². The van der Waals surface area contributed by atoms with Crippen molar-refractivity contribution < 1.29 is 4.39 Å². The van der Waals surface area contributed by atoms with Crippen molar-refractivity contribution in [3.05, 3.63) is 107 Å². The zero-order valence-electron chi connectivity index (χ0n) is 21.7. The van der Waals surface area contributed by atoms with Crippen molar-refractivity contribution in [3.8, 4) is 23.0 Å². The maximum Gasteiger partial charge on any atom is 0.146 e. The molecule has 0 aliphatic carbocycles. The molecule has 1 heteroatoms. The Kier molecular flexibility index (Phi) is 9.34. The third kappa shape index (κ3) is 6.86. The lowest BCUT2D eigenvalue weighted by Gasteiger charge is -2.07. The highest BCUT2D eigenvalue weighted by atomic mass is 19.1. The van der Waals surface area contributed by atoms with Crippen molar-refractivity contribution in [3.63, 3.8) is 0 Å². The molecule has 0 fully saturated rings. The van der Waals surface area contributed by atoms with Crippen LogP contribution in [-0.4, -0.2) is 0 Å². The van der Waals surface area contributed by atoms with Crippen LogP contribution in [0.15, 0.2) is 78.9 Å². The lowest BCUT2D eigenvalue weighted by atomic mass is 9.98. The van der Waals surface area contributed by atoms with E-state index in [2.05, 4.69) is 68.2 Å². The van der Waals surface area contributed by atoms with E-state index in [-0.39, 0.29) is 5.82 Å². The first kappa shape index (κ1) is 25.7. The van der Waals surface area contributed by atoms with Gasteiger partial charge in [-0.05, 0) is 77.6 Å². The second-order valence-electron chi connectivity index (χ2n) is 9.77. The van der Waals surface area contributed by atoms with E-state index < -0.39 is 0 Å². The van der Waals surface area contributed by atoms with E-state index in [0.29, 0.717) is 10.9 Å². The molecular formula is C35H37F. The highest BCUT2D eigenvalue weighted by molar-refractivity contribution is 5.89. The summed E-state index contributed by atoms with van der Waals surface area (Å²) in [6.07, 6.45) is 11.1. The third-order valence-electron chi connectivity index (χ3n) is 6.92. The Morgan fingerprint density at radius 2 is 1.22 bits per heavy atom. The van der Waals surface area contributed by atoms with E-state index in [1.165, 1.54) is 56.1 Å². The second kappa shape index (κ2) is 13.1. The molecule has 0 saturated heterocycles. The molecule has 184 valence electrons. The molecule has 4 aromatic carbocycles. The number of unbranched alkanes of at least 4 members (excludes halogenated alkanes) is 5. The van der Waals surface area contributed by atoms with Crippen molar-refractivity contribution in [2.45, 2.75) is 71.6 Å². The summed E-state index contributed by atoms with van der Waals surface area (Å²) in [6, 6.07) is 26.9. The molecule has 0 unspecified atom stereocenters. The summed E-state index contributed by atoms with van der Waals surface area (Å²) in [7, 11) is 0. The fourth-order valence-electron chi connectivity index (χ4n) is 4.64. The quantitative estimate of drug-likeness (QED) is 0.158. The molecule has 0 aromatic heterocycles. The average molecular weight is 477 g/mol. The predicted octanol–water partition coefficient (Wildman–Crippen LogP) is 9.90. The van der Waals surface area contributed by atoms with Crippen LogP contribution in [0.2, 0.25) is 0 Å². The first-order chi connectivity index (χ1) is 17.7. The van der Waals surface area contributed by atoms with Gasteiger partial charge < -0.3 is 0 Å². The van der Waals surface area contributed by atoms with Crippen LogP contribution in [0.5, 0.6) is 0 Å². The van der Waals surface area contributed by atoms with Crippen LogP contribution in [-0.2, 0) is 12.8 Å². The summed E-state index contributed by atoms with van der Waals surface area (Å²) < 4.78 is 15.3. The van der Waals surface area contributed by atoms with Gasteiger partial charge in [-0.25, -0.2) is 4.39 Å². The van der Waals surface area contributed by atoms with Crippen LogP contribution in [0, 0.1) is 17.7 Å². The van der Waals surface area contributed by atoms with Crippen molar-refractivity contribution in [1.29, 1.82) is 0 Å². The molecule has 0 spiro atoms. The fraction of sp³-hybridized carbons (Fsp3) is 0.314. The number of aryl methyl sites for hydroxylation is 2. The van der Waals surface area contributed by atoms with E-state index in [1.807, 2.05) is 30.3 Å². The Morgan fingerprint density at radius 1 is 0.583 bits per heavy atom. The van der Waals surface area contributed by atoms with Gasteiger partial charge in [0.2, 0.25) is 0 Å². The van der Waals surface area contributed by atoms with Crippen LogP contribution in [0.1, 0.15) is 81.0 Å². The van der Waals surface area contributed by atoms with Gasteiger partial charge in [0, 0.05) is 10.9 Å². The SMILES string of the molecule is CCCCCCCc1ccc(C#Cc2ccc3cc(-c4ccc(CCCC)cc4)ccc3c2F)cc1. The minimum absolute atomic E-state index is 0.245. The molecule has 36 heavy (non-hydrogen) atoms. The number of benzene rings is 4. The first-order valence-electron chi connectivity index (χ1n) is 13.6. The van der Waals surface area contributed by atoms with Gasteiger partial charge in [0.25, 0.3) is 0 Å². The summed E-state index contributed by atoms with van der Waals surface area (Å²) >= 11 is 0. The largest absolute Gasteiger partial charge is 0.205 e. The molecule has 4 aromatic rings.